The van der Waals surface area contributed by atoms with E-state index in [1.807, 2.05) is 35.3 Å². The second-order valence-electron chi connectivity index (χ2n) is 5.99. The molecule has 3 heterocycles. The molecule has 7 heteroatoms. The van der Waals surface area contributed by atoms with Crippen LogP contribution in [0.15, 0.2) is 49.1 Å². The number of piperidine rings is 1. The average molecular weight is 323 g/mol. The molecule has 1 aliphatic rings. The Bertz CT molecular complexity index is 870. The van der Waals surface area contributed by atoms with Gasteiger partial charge in [-0.25, -0.2) is 0 Å². The van der Waals surface area contributed by atoms with E-state index in [0.29, 0.717) is 11.4 Å². The smallest absolute Gasteiger partial charge is 0.278 e. The molecule has 1 fully saturated rings. The molecule has 3 aromatic rings. The van der Waals surface area contributed by atoms with Crippen molar-refractivity contribution in [3.8, 4) is 0 Å². The fraction of sp³-hybridized carbons (Fsp3) is 0.294. The van der Waals surface area contributed by atoms with Gasteiger partial charge in [-0.3, -0.25) is 19.8 Å². The van der Waals surface area contributed by atoms with E-state index in [1.54, 1.807) is 18.5 Å². The van der Waals surface area contributed by atoms with Gasteiger partial charge in [0.2, 0.25) is 0 Å². The minimum absolute atomic E-state index is 0.105. The largest absolute Gasteiger partial charge is 0.371 e. The zero-order chi connectivity index (χ0) is 16.5. The van der Waals surface area contributed by atoms with Crippen LogP contribution >= 0.6 is 0 Å². The SMILES string of the molecule is O=[N+]([O-])c1ccc(N2CCC(n3cccn3)CC2)c2ccncc12. The van der Waals surface area contributed by atoms with E-state index in [4.69, 9.17) is 0 Å². The topological polar surface area (TPSA) is 77.1 Å². The Hall–Kier alpha value is -2.96. The summed E-state index contributed by atoms with van der Waals surface area (Å²) in [6, 6.07) is 7.66. The summed E-state index contributed by atoms with van der Waals surface area (Å²) in [6.45, 7) is 1.81. The molecule has 1 aliphatic heterocycles. The van der Waals surface area contributed by atoms with Gasteiger partial charge in [0.15, 0.2) is 0 Å². The van der Waals surface area contributed by atoms with E-state index >= 15 is 0 Å². The summed E-state index contributed by atoms with van der Waals surface area (Å²) < 4.78 is 2.02. The van der Waals surface area contributed by atoms with Gasteiger partial charge in [-0.05, 0) is 31.0 Å². The van der Waals surface area contributed by atoms with Gasteiger partial charge in [0.25, 0.3) is 5.69 Å². The molecule has 0 atom stereocenters. The van der Waals surface area contributed by atoms with Crippen molar-refractivity contribution in [2.75, 3.05) is 18.0 Å². The third kappa shape index (κ3) is 2.47. The predicted molar refractivity (Wildman–Crippen MR) is 91.1 cm³/mol. The Balaban J connectivity index is 1.64. The minimum Gasteiger partial charge on any atom is -0.371 e. The van der Waals surface area contributed by atoms with Crippen LogP contribution in [-0.2, 0) is 0 Å². The molecule has 24 heavy (non-hydrogen) atoms. The van der Waals surface area contributed by atoms with Crippen LogP contribution in [0.25, 0.3) is 10.8 Å². The van der Waals surface area contributed by atoms with Crippen LogP contribution in [0.5, 0.6) is 0 Å². The van der Waals surface area contributed by atoms with Crippen LogP contribution in [0, 0.1) is 10.1 Å². The van der Waals surface area contributed by atoms with Gasteiger partial charge in [0.1, 0.15) is 0 Å². The molecule has 0 aliphatic carbocycles. The van der Waals surface area contributed by atoms with E-state index < -0.39 is 0 Å². The number of pyridine rings is 1. The molecular formula is C17H17N5O2. The van der Waals surface area contributed by atoms with Crippen molar-refractivity contribution < 1.29 is 4.92 Å². The Labute approximate surface area is 138 Å². The Morgan fingerprint density at radius 3 is 2.67 bits per heavy atom. The number of anilines is 1. The Kier molecular flexibility index (Phi) is 3.60. The van der Waals surface area contributed by atoms with Gasteiger partial charge in [-0.15, -0.1) is 0 Å². The van der Waals surface area contributed by atoms with E-state index in [2.05, 4.69) is 15.0 Å². The second kappa shape index (κ2) is 5.92. The number of hydrogen-bond acceptors (Lipinski definition) is 5. The average Bonchev–Trinajstić information content (AvgIpc) is 3.15. The lowest BCUT2D eigenvalue weighted by atomic mass is 10.0. The maximum absolute atomic E-state index is 11.2. The number of hydrogen-bond donors (Lipinski definition) is 0. The second-order valence-corrected chi connectivity index (χ2v) is 5.99. The first kappa shape index (κ1) is 14.6. The van der Waals surface area contributed by atoms with Crippen LogP contribution in [0.4, 0.5) is 11.4 Å². The first-order valence-corrected chi connectivity index (χ1v) is 7.99. The summed E-state index contributed by atoms with van der Waals surface area (Å²) in [4.78, 5) is 17.2. The molecule has 0 radical (unpaired) electrons. The monoisotopic (exact) mass is 323 g/mol. The summed E-state index contributed by atoms with van der Waals surface area (Å²) in [7, 11) is 0. The highest BCUT2D eigenvalue weighted by Gasteiger charge is 2.23. The van der Waals surface area contributed by atoms with E-state index in [9.17, 15) is 10.1 Å². The van der Waals surface area contributed by atoms with Crippen LogP contribution in [0.1, 0.15) is 18.9 Å². The van der Waals surface area contributed by atoms with Crippen molar-refractivity contribution in [1.29, 1.82) is 0 Å². The van der Waals surface area contributed by atoms with Crippen molar-refractivity contribution in [2.24, 2.45) is 0 Å². The van der Waals surface area contributed by atoms with Crippen molar-refractivity contribution >= 4 is 22.1 Å². The van der Waals surface area contributed by atoms with E-state index in [-0.39, 0.29) is 10.6 Å². The van der Waals surface area contributed by atoms with Crippen LogP contribution < -0.4 is 4.90 Å². The molecule has 1 saturated heterocycles. The van der Waals surface area contributed by atoms with E-state index in [0.717, 1.165) is 37.0 Å². The quantitative estimate of drug-likeness (QED) is 0.546. The highest BCUT2D eigenvalue weighted by Crippen LogP contribution is 2.35. The number of aromatic nitrogens is 3. The number of benzene rings is 1. The molecular weight excluding hydrogens is 306 g/mol. The highest BCUT2D eigenvalue weighted by molar-refractivity contribution is 5.99. The van der Waals surface area contributed by atoms with Gasteiger partial charge in [0.05, 0.1) is 16.4 Å². The van der Waals surface area contributed by atoms with Gasteiger partial charge in [-0.1, -0.05) is 0 Å². The first-order valence-electron chi connectivity index (χ1n) is 7.99. The molecule has 1 aromatic carbocycles. The summed E-state index contributed by atoms with van der Waals surface area (Å²) in [6.07, 6.45) is 9.09. The van der Waals surface area contributed by atoms with Crippen molar-refractivity contribution in [3.05, 3.63) is 59.2 Å². The van der Waals surface area contributed by atoms with Crippen LogP contribution in [0.3, 0.4) is 0 Å². The van der Waals surface area contributed by atoms with Gasteiger partial charge < -0.3 is 4.90 Å². The summed E-state index contributed by atoms with van der Waals surface area (Å²) in [5.41, 5.74) is 1.14. The fourth-order valence-electron chi connectivity index (χ4n) is 3.46. The molecule has 7 nitrogen and oxygen atoms in total. The molecule has 0 saturated carbocycles. The summed E-state index contributed by atoms with van der Waals surface area (Å²) in [5.74, 6) is 0. The zero-order valence-corrected chi connectivity index (χ0v) is 13.1. The molecule has 0 amide bonds. The number of non-ortho nitro benzene ring substituents is 1. The molecule has 0 spiro atoms. The molecule has 4 rings (SSSR count). The van der Waals surface area contributed by atoms with Gasteiger partial charge in [0, 0.05) is 55.0 Å². The molecule has 0 unspecified atom stereocenters. The lowest BCUT2D eigenvalue weighted by molar-refractivity contribution is -0.383. The van der Waals surface area contributed by atoms with E-state index in [1.165, 1.54) is 0 Å². The lowest BCUT2D eigenvalue weighted by Gasteiger charge is -2.34. The Morgan fingerprint density at radius 2 is 1.96 bits per heavy atom. The standard InChI is InChI=1S/C17H17N5O2/c23-22(24)17-3-2-16(14-4-8-18-12-15(14)17)20-10-5-13(6-11-20)21-9-1-7-19-21/h1-4,7-9,12-13H,5-6,10-11H2. The molecule has 2 aromatic heterocycles. The Morgan fingerprint density at radius 1 is 1.12 bits per heavy atom. The summed E-state index contributed by atoms with van der Waals surface area (Å²) in [5, 5.41) is 17.0. The number of nitro groups is 1. The third-order valence-electron chi connectivity index (χ3n) is 4.67. The van der Waals surface area contributed by atoms with Gasteiger partial charge >= 0.3 is 0 Å². The van der Waals surface area contributed by atoms with Crippen molar-refractivity contribution in [2.45, 2.75) is 18.9 Å². The highest BCUT2D eigenvalue weighted by atomic mass is 16.6. The number of fused-ring (bicyclic) bond motifs is 1. The number of nitro benzene ring substituents is 1. The number of nitrogens with zero attached hydrogens (tertiary/aromatic N) is 5. The third-order valence-corrected chi connectivity index (χ3v) is 4.67. The van der Waals surface area contributed by atoms with Crippen LogP contribution in [0.2, 0.25) is 0 Å². The lowest BCUT2D eigenvalue weighted by Crippen LogP contribution is -2.34. The predicted octanol–water partition coefficient (Wildman–Crippen LogP) is 3.18. The van der Waals surface area contributed by atoms with Crippen LogP contribution in [-0.4, -0.2) is 32.8 Å². The number of rotatable bonds is 3. The summed E-state index contributed by atoms with van der Waals surface area (Å²) >= 11 is 0. The van der Waals surface area contributed by atoms with Crippen molar-refractivity contribution in [3.63, 3.8) is 0 Å². The van der Waals surface area contributed by atoms with Crippen molar-refractivity contribution in [1.82, 2.24) is 14.8 Å². The normalized spacial score (nSPS) is 15.8. The fourth-order valence-corrected chi connectivity index (χ4v) is 3.46. The maximum Gasteiger partial charge on any atom is 0.278 e. The minimum atomic E-state index is -0.349. The zero-order valence-electron chi connectivity index (χ0n) is 13.1. The maximum atomic E-state index is 11.2. The molecule has 0 N–H and O–H groups in total. The molecule has 122 valence electrons. The first-order chi connectivity index (χ1) is 11.7. The molecule has 0 bridgehead atoms. The van der Waals surface area contributed by atoms with Gasteiger partial charge in [-0.2, -0.15) is 5.10 Å².